The zero-order valence-electron chi connectivity index (χ0n) is 14.4. The molecular formula is C21H15ClO3S2. The van der Waals surface area contributed by atoms with Crippen LogP contribution in [0.4, 0.5) is 0 Å². The van der Waals surface area contributed by atoms with Crippen molar-refractivity contribution in [3.05, 3.63) is 82.4 Å². The van der Waals surface area contributed by atoms with Gasteiger partial charge in [0.2, 0.25) is 9.84 Å². The number of fused-ring (bicyclic) bond motifs is 2. The van der Waals surface area contributed by atoms with Gasteiger partial charge in [0.15, 0.2) is 5.78 Å². The number of hydrogen-bond donors (Lipinski definition) is 0. The molecule has 0 unspecified atom stereocenters. The Kier molecular flexibility index (Phi) is 4.62. The summed E-state index contributed by atoms with van der Waals surface area (Å²) in [6, 6.07) is 17.5. The molecule has 136 valence electrons. The van der Waals surface area contributed by atoms with Gasteiger partial charge in [-0.2, -0.15) is 0 Å². The molecule has 0 fully saturated rings. The van der Waals surface area contributed by atoms with E-state index in [9.17, 15) is 13.2 Å². The van der Waals surface area contributed by atoms with Crippen LogP contribution in [0.15, 0.2) is 80.2 Å². The molecule has 1 aliphatic rings. The van der Waals surface area contributed by atoms with E-state index >= 15 is 0 Å². The molecule has 4 rings (SSSR count). The largest absolute Gasteiger partial charge is 0.289 e. The lowest BCUT2D eigenvalue weighted by Gasteiger charge is -2.21. The zero-order chi connectivity index (χ0) is 19.2. The van der Waals surface area contributed by atoms with Gasteiger partial charge in [-0.25, -0.2) is 8.42 Å². The minimum absolute atomic E-state index is 0.0144. The van der Waals surface area contributed by atoms with Gasteiger partial charge in [0.1, 0.15) is 4.90 Å². The number of rotatable bonds is 3. The molecule has 0 radical (unpaired) electrons. The minimum Gasteiger partial charge on any atom is -0.289 e. The summed E-state index contributed by atoms with van der Waals surface area (Å²) in [4.78, 5) is 14.3. The molecule has 0 saturated heterocycles. The molecule has 3 aromatic rings. The van der Waals surface area contributed by atoms with E-state index in [-0.39, 0.29) is 31.7 Å². The van der Waals surface area contributed by atoms with E-state index in [0.717, 1.165) is 16.9 Å². The second-order valence-electron chi connectivity index (χ2n) is 6.15. The van der Waals surface area contributed by atoms with Gasteiger partial charge >= 0.3 is 0 Å². The number of benzene rings is 3. The van der Waals surface area contributed by atoms with E-state index in [1.54, 1.807) is 24.3 Å². The Morgan fingerprint density at radius 2 is 1.59 bits per heavy atom. The first-order chi connectivity index (χ1) is 12.9. The van der Waals surface area contributed by atoms with Crippen LogP contribution in [0.2, 0.25) is 5.02 Å². The molecule has 1 heterocycles. The van der Waals surface area contributed by atoms with Gasteiger partial charge in [-0.05, 0) is 42.3 Å². The molecule has 3 aromatic carbocycles. The molecule has 0 atom stereocenters. The first-order valence-electron chi connectivity index (χ1n) is 8.42. The van der Waals surface area contributed by atoms with Crippen molar-refractivity contribution in [3.63, 3.8) is 0 Å². The van der Waals surface area contributed by atoms with E-state index in [4.69, 9.17) is 11.6 Å². The summed E-state index contributed by atoms with van der Waals surface area (Å²) in [5.74, 6) is -0.317. The Balaban J connectivity index is 1.89. The van der Waals surface area contributed by atoms with Gasteiger partial charge in [0.25, 0.3) is 0 Å². The highest BCUT2D eigenvalue weighted by atomic mass is 35.5. The van der Waals surface area contributed by atoms with Crippen molar-refractivity contribution in [3.8, 4) is 0 Å². The molecule has 6 heteroatoms. The molecule has 3 nitrogen and oxygen atoms in total. The second kappa shape index (κ2) is 6.82. The summed E-state index contributed by atoms with van der Waals surface area (Å²) in [5, 5.41) is 0.103. The molecule has 0 N–H and O–H groups in total. The molecule has 27 heavy (non-hydrogen) atoms. The molecule has 0 aliphatic carbocycles. The lowest BCUT2D eigenvalue weighted by atomic mass is 10.0. The Bertz CT molecular complexity index is 1180. The molecule has 1 aliphatic heterocycles. The second-order valence-corrected chi connectivity index (χ2v) is 9.46. The van der Waals surface area contributed by atoms with E-state index in [2.05, 4.69) is 6.92 Å². The summed E-state index contributed by atoms with van der Waals surface area (Å²) in [6.07, 6.45) is 0.857. The quantitative estimate of drug-likeness (QED) is 0.448. The molecule has 0 aromatic heterocycles. The van der Waals surface area contributed by atoms with E-state index in [1.165, 1.54) is 23.9 Å². The van der Waals surface area contributed by atoms with Crippen LogP contribution in [-0.4, -0.2) is 14.2 Å². The maximum Gasteiger partial charge on any atom is 0.209 e. The topological polar surface area (TPSA) is 51.2 Å². The molecule has 0 bridgehead atoms. The summed E-state index contributed by atoms with van der Waals surface area (Å²) in [5.41, 5.74) is 1.48. The highest BCUT2D eigenvalue weighted by molar-refractivity contribution is 7.99. The Labute approximate surface area is 167 Å². The van der Waals surface area contributed by atoms with Crippen LogP contribution in [0.3, 0.4) is 0 Å². The third-order valence-corrected chi connectivity index (χ3v) is 8.26. The predicted molar refractivity (Wildman–Crippen MR) is 107 cm³/mol. The number of carbonyl (C=O) groups is 1. The fraction of sp³-hybridized carbons (Fsp3) is 0.0952. The standard InChI is InChI=1S/C21H15ClO3S2/c1-2-13-7-3-5-9-16(13)26-17-12-11-15-20(23)14-8-4-6-10-18(14)27(24,25)21(15)19(17)22/h3-12H,2H2,1H3. The van der Waals surface area contributed by atoms with E-state index in [1.807, 2.05) is 24.3 Å². The maximum absolute atomic E-state index is 13.1. The van der Waals surface area contributed by atoms with Gasteiger partial charge < -0.3 is 0 Å². The number of ketones is 1. The Morgan fingerprint density at radius 1 is 0.889 bits per heavy atom. The SMILES string of the molecule is CCc1ccccc1Sc1ccc2c(c1Cl)S(=O)(=O)c1ccccc1C2=O. The lowest BCUT2D eigenvalue weighted by Crippen LogP contribution is -2.20. The predicted octanol–water partition coefficient (Wildman–Crippen LogP) is 5.43. The fourth-order valence-electron chi connectivity index (χ4n) is 3.22. The number of halogens is 1. The number of aryl methyl sites for hydroxylation is 1. The van der Waals surface area contributed by atoms with Crippen molar-refractivity contribution in [1.29, 1.82) is 0 Å². The van der Waals surface area contributed by atoms with Crippen molar-refractivity contribution in [2.75, 3.05) is 0 Å². The van der Waals surface area contributed by atoms with Crippen molar-refractivity contribution < 1.29 is 13.2 Å². The van der Waals surface area contributed by atoms with Crippen LogP contribution in [0.1, 0.15) is 28.4 Å². The zero-order valence-corrected chi connectivity index (χ0v) is 16.8. The highest BCUT2D eigenvalue weighted by Crippen LogP contribution is 2.44. The first-order valence-corrected chi connectivity index (χ1v) is 11.1. The Morgan fingerprint density at radius 3 is 2.37 bits per heavy atom. The van der Waals surface area contributed by atoms with Crippen LogP contribution >= 0.6 is 23.4 Å². The van der Waals surface area contributed by atoms with Crippen LogP contribution in [0, 0.1) is 0 Å². The molecular weight excluding hydrogens is 400 g/mol. The third kappa shape index (κ3) is 2.90. The number of carbonyl (C=O) groups excluding carboxylic acids is 1. The number of hydrogen-bond acceptors (Lipinski definition) is 4. The molecule has 0 saturated carbocycles. The van der Waals surface area contributed by atoms with Crippen LogP contribution in [0.5, 0.6) is 0 Å². The highest BCUT2D eigenvalue weighted by Gasteiger charge is 2.37. The first kappa shape index (κ1) is 18.3. The Hall–Kier alpha value is -2.08. The van der Waals surface area contributed by atoms with Gasteiger partial charge in [0.05, 0.1) is 9.92 Å². The summed E-state index contributed by atoms with van der Waals surface area (Å²) >= 11 is 7.95. The fourth-order valence-corrected chi connectivity index (χ4v) is 6.64. The molecule has 0 spiro atoms. The number of sulfone groups is 1. The maximum atomic E-state index is 13.1. The van der Waals surface area contributed by atoms with Gasteiger partial charge in [-0.15, -0.1) is 0 Å². The minimum atomic E-state index is -3.86. The average Bonchev–Trinajstić information content (AvgIpc) is 2.68. The monoisotopic (exact) mass is 414 g/mol. The van der Waals surface area contributed by atoms with Gasteiger partial charge in [0, 0.05) is 20.9 Å². The van der Waals surface area contributed by atoms with Crippen LogP contribution in [0.25, 0.3) is 0 Å². The van der Waals surface area contributed by atoms with E-state index in [0.29, 0.717) is 4.90 Å². The van der Waals surface area contributed by atoms with Crippen LogP contribution in [-0.2, 0) is 16.3 Å². The lowest BCUT2D eigenvalue weighted by molar-refractivity contribution is 0.103. The van der Waals surface area contributed by atoms with Gasteiger partial charge in [-0.1, -0.05) is 60.6 Å². The van der Waals surface area contributed by atoms with Crippen molar-refractivity contribution in [2.45, 2.75) is 32.9 Å². The van der Waals surface area contributed by atoms with Crippen molar-refractivity contribution in [1.82, 2.24) is 0 Å². The summed E-state index contributed by atoms with van der Waals surface area (Å²) in [6.45, 7) is 2.06. The third-order valence-electron chi connectivity index (χ3n) is 4.57. The summed E-state index contributed by atoms with van der Waals surface area (Å²) in [7, 11) is -3.86. The van der Waals surface area contributed by atoms with E-state index < -0.39 is 9.84 Å². The van der Waals surface area contributed by atoms with Crippen LogP contribution < -0.4 is 0 Å². The van der Waals surface area contributed by atoms with Crippen molar-refractivity contribution >= 4 is 39.0 Å². The van der Waals surface area contributed by atoms with Crippen molar-refractivity contribution in [2.24, 2.45) is 0 Å². The normalized spacial score (nSPS) is 14.5. The average molecular weight is 415 g/mol. The molecule has 0 amide bonds. The summed E-state index contributed by atoms with van der Waals surface area (Å²) < 4.78 is 26.3. The smallest absolute Gasteiger partial charge is 0.209 e. The van der Waals surface area contributed by atoms with Gasteiger partial charge in [-0.3, -0.25) is 4.79 Å².